The Hall–Kier alpha value is -1.37. The van der Waals surface area contributed by atoms with Crippen molar-refractivity contribution in [3.05, 3.63) is 34.9 Å². The van der Waals surface area contributed by atoms with Gasteiger partial charge in [-0.1, -0.05) is 12.1 Å². The summed E-state index contributed by atoms with van der Waals surface area (Å²) >= 11 is 0. The SMILES string of the molecule is Cc1cc(C2(N)COC2)ccc1C#N. The van der Waals surface area contributed by atoms with E-state index < -0.39 is 0 Å². The number of aryl methyl sites for hydroxylation is 1. The van der Waals surface area contributed by atoms with E-state index in [2.05, 4.69) is 6.07 Å². The number of benzene rings is 1. The van der Waals surface area contributed by atoms with Crippen LogP contribution in [-0.2, 0) is 10.3 Å². The maximum absolute atomic E-state index is 8.78. The summed E-state index contributed by atoms with van der Waals surface area (Å²) in [5, 5.41) is 8.78. The molecule has 1 aliphatic heterocycles. The van der Waals surface area contributed by atoms with E-state index in [1.165, 1.54) is 0 Å². The van der Waals surface area contributed by atoms with E-state index in [1.807, 2.05) is 25.1 Å². The van der Waals surface area contributed by atoms with Crippen LogP contribution in [0.3, 0.4) is 0 Å². The van der Waals surface area contributed by atoms with Gasteiger partial charge in [0.15, 0.2) is 0 Å². The number of hydrogen-bond donors (Lipinski definition) is 1. The highest BCUT2D eigenvalue weighted by Crippen LogP contribution is 2.27. The van der Waals surface area contributed by atoms with E-state index in [1.54, 1.807) is 0 Å². The van der Waals surface area contributed by atoms with Crippen molar-refractivity contribution in [3.63, 3.8) is 0 Å². The molecule has 3 heteroatoms. The van der Waals surface area contributed by atoms with Gasteiger partial charge in [0.1, 0.15) is 0 Å². The van der Waals surface area contributed by atoms with Crippen LogP contribution in [0.4, 0.5) is 0 Å². The van der Waals surface area contributed by atoms with Gasteiger partial charge < -0.3 is 10.5 Å². The standard InChI is InChI=1S/C11H12N2O/c1-8-4-10(3-2-9(8)5-12)11(13)6-14-7-11/h2-4H,6-7,13H2,1H3. The number of nitrogens with zero attached hydrogens (tertiary/aromatic N) is 1. The number of rotatable bonds is 1. The van der Waals surface area contributed by atoms with Crippen molar-refractivity contribution >= 4 is 0 Å². The molecule has 3 nitrogen and oxygen atoms in total. The smallest absolute Gasteiger partial charge is 0.0994 e. The molecule has 0 radical (unpaired) electrons. The van der Waals surface area contributed by atoms with Crippen LogP contribution in [0.25, 0.3) is 0 Å². The van der Waals surface area contributed by atoms with Gasteiger partial charge in [-0.2, -0.15) is 5.26 Å². The number of nitriles is 1. The fourth-order valence-corrected chi connectivity index (χ4v) is 1.59. The summed E-state index contributed by atoms with van der Waals surface area (Å²) in [7, 11) is 0. The van der Waals surface area contributed by atoms with E-state index in [4.69, 9.17) is 15.7 Å². The molecule has 1 aliphatic rings. The molecule has 0 saturated carbocycles. The van der Waals surface area contributed by atoms with Crippen LogP contribution in [0.5, 0.6) is 0 Å². The molecule has 2 N–H and O–H groups in total. The third kappa shape index (κ3) is 1.29. The zero-order valence-corrected chi connectivity index (χ0v) is 8.08. The Kier molecular flexibility index (Phi) is 2.03. The normalized spacial score (nSPS) is 18.4. The van der Waals surface area contributed by atoms with Crippen LogP contribution >= 0.6 is 0 Å². The molecular weight excluding hydrogens is 176 g/mol. The van der Waals surface area contributed by atoms with Crippen molar-refractivity contribution in [1.29, 1.82) is 5.26 Å². The van der Waals surface area contributed by atoms with Gasteiger partial charge in [-0.3, -0.25) is 0 Å². The molecule has 1 aromatic carbocycles. The quantitative estimate of drug-likeness (QED) is 0.716. The first-order valence-corrected chi connectivity index (χ1v) is 4.53. The van der Waals surface area contributed by atoms with Crippen LogP contribution in [0.1, 0.15) is 16.7 Å². The largest absolute Gasteiger partial charge is 0.377 e. The Morgan fingerprint density at radius 2 is 2.21 bits per heavy atom. The molecule has 1 aromatic rings. The van der Waals surface area contributed by atoms with Gasteiger partial charge in [-0.15, -0.1) is 0 Å². The van der Waals surface area contributed by atoms with E-state index in [0.29, 0.717) is 18.8 Å². The minimum Gasteiger partial charge on any atom is -0.377 e. The van der Waals surface area contributed by atoms with Crippen molar-refractivity contribution in [2.24, 2.45) is 5.73 Å². The predicted molar refractivity (Wildman–Crippen MR) is 52.6 cm³/mol. The zero-order chi connectivity index (χ0) is 10.2. The number of hydrogen-bond acceptors (Lipinski definition) is 3. The summed E-state index contributed by atoms with van der Waals surface area (Å²) < 4.78 is 5.10. The van der Waals surface area contributed by atoms with Crippen LogP contribution in [-0.4, -0.2) is 13.2 Å². The molecule has 14 heavy (non-hydrogen) atoms. The summed E-state index contributed by atoms with van der Waals surface area (Å²) in [6.45, 7) is 3.06. The molecule has 0 spiro atoms. The van der Waals surface area contributed by atoms with Crippen molar-refractivity contribution in [2.75, 3.05) is 13.2 Å². The third-order valence-electron chi connectivity index (χ3n) is 2.64. The van der Waals surface area contributed by atoms with Crippen molar-refractivity contribution in [1.82, 2.24) is 0 Å². The molecule has 0 bridgehead atoms. The summed E-state index contributed by atoms with van der Waals surface area (Å²) in [5.74, 6) is 0. The predicted octanol–water partition coefficient (Wildman–Crippen LogP) is 1.05. The van der Waals surface area contributed by atoms with Gasteiger partial charge in [-0.25, -0.2) is 0 Å². The highest BCUT2D eigenvalue weighted by atomic mass is 16.5. The average Bonchev–Trinajstić information content (AvgIpc) is 2.14. The van der Waals surface area contributed by atoms with E-state index in [0.717, 1.165) is 11.1 Å². The van der Waals surface area contributed by atoms with Gasteiger partial charge in [0.25, 0.3) is 0 Å². The number of ether oxygens (including phenoxy) is 1. The topological polar surface area (TPSA) is 59.0 Å². The molecular formula is C11H12N2O. The average molecular weight is 188 g/mol. The Morgan fingerprint density at radius 3 is 2.64 bits per heavy atom. The van der Waals surface area contributed by atoms with Crippen LogP contribution in [0.2, 0.25) is 0 Å². The fraction of sp³-hybridized carbons (Fsp3) is 0.364. The molecule has 0 amide bonds. The lowest BCUT2D eigenvalue weighted by atomic mass is 9.87. The monoisotopic (exact) mass is 188 g/mol. The van der Waals surface area contributed by atoms with Crippen molar-refractivity contribution in [3.8, 4) is 6.07 Å². The molecule has 0 atom stereocenters. The van der Waals surface area contributed by atoms with Crippen LogP contribution in [0, 0.1) is 18.3 Å². The molecule has 72 valence electrons. The second-order valence-electron chi connectivity index (χ2n) is 3.79. The zero-order valence-electron chi connectivity index (χ0n) is 8.08. The first-order chi connectivity index (χ1) is 6.65. The van der Waals surface area contributed by atoms with Crippen molar-refractivity contribution < 1.29 is 4.74 Å². The Balaban J connectivity index is 2.38. The highest BCUT2D eigenvalue weighted by molar-refractivity contribution is 5.42. The van der Waals surface area contributed by atoms with E-state index in [9.17, 15) is 0 Å². The van der Waals surface area contributed by atoms with Crippen LogP contribution < -0.4 is 5.73 Å². The minimum absolute atomic E-state index is 0.335. The number of nitrogens with two attached hydrogens (primary N) is 1. The molecule has 1 heterocycles. The lowest BCUT2D eigenvalue weighted by Crippen LogP contribution is -2.54. The van der Waals surface area contributed by atoms with Crippen LogP contribution in [0.15, 0.2) is 18.2 Å². The van der Waals surface area contributed by atoms with Gasteiger partial charge >= 0.3 is 0 Å². The Labute approximate surface area is 83.1 Å². The summed E-state index contributed by atoms with van der Waals surface area (Å²) in [6, 6.07) is 7.84. The van der Waals surface area contributed by atoms with E-state index >= 15 is 0 Å². The second kappa shape index (κ2) is 3.09. The summed E-state index contributed by atoms with van der Waals surface area (Å²) in [4.78, 5) is 0. The van der Waals surface area contributed by atoms with Gasteiger partial charge in [-0.05, 0) is 24.1 Å². The molecule has 0 aromatic heterocycles. The van der Waals surface area contributed by atoms with Gasteiger partial charge in [0.2, 0.25) is 0 Å². The lowest BCUT2D eigenvalue weighted by molar-refractivity contribution is -0.0569. The minimum atomic E-state index is -0.335. The Morgan fingerprint density at radius 1 is 1.50 bits per heavy atom. The molecule has 0 unspecified atom stereocenters. The Bertz CT molecular complexity index is 402. The highest BCUT2D eigenvalue weighted by Gasteiger charge is 2.36. The maximum Gasteiger partial charge on any atom is 0.0994 e. The van der Waals surface area contributed by atoms with Gasteiger partial charge in [0.05, 0.1) is 30.4 Å². The lowest BCUT2D eigenvalue weighted by Gasteiger charge is -2.38. The second-order valence-corrected chi connectivity index (χ2v) is 3.79. The van der Waals surface area contributed by atoms with Gasteiger partial charge in [0, 0.05) is 0 Å². The van der Waals surface area contributed by atoms with Crippen molar-refractivity contribution in [2.45, 2.75) is 12.5 Å². The molecule has 1 fully saturated rings. The maximum atomic E-state index is 8.78. The summed E-state index contributed by atoms with van der Waals surface area (Å²) in [5.41, 5.74) is 8.48. The first-order valence-electron chi connectivity index (χ1n) is 4.53. The fourth-order valence-electron chi connectivity index (χ4n) is 1.59. The first kappa shape index (κ1) is 9.20. The summed E-state index contributed by atoms with van der Waals surface area (Å²) in [6.07, 6.45) is 0. The third-order valence-corrected chi connectivity index (χ3v) is 2.64. The molecule has 0 aliphatic carbocycles. The molecule has 2 rings (SSSR count). The van der Waals surface area contributed by atoms with E-state index in [-0.39, 0.29) is 5.54 Å². The molecule has 1 saturated heterocycles.